The van der Waals surface area contributed by atoms with Crippen LogP contribution in [0.2, 0.25) is 0 Å². The number of hydrogen-bond acceptors (Lipinski definition) is 8. The van der Waals surface area contributed by atoms with Crippen molar-refractivity contribution < 1.29 is 33.6 Å². The predicted octanol–water partition coefficient (Wildman–Crippen LogP) is 2.20. The molecule has 3 heterocycles. The van der Waals surface area contributed by atoms with Gasteiger partial charge in [0, 0.05) is 0 Å². The molecule has 3 aliphatic rings. The quantitative estimate of drug-likeness (QED) is 0.512. The zero-order valence-electron chi connectivity index (χ0n) is 15.9. The number of ether oxygens (including phenoxy) is 5. The summed E-state index contributed by atoms with van der Waals surface area (Å²) in [7, 11) is 0. The van der Waals surface area contributed by atoms with Crippen LogP contribution in [0, 0.1) is 10.1 Å². The maximum Gasteiger partial charge on any atom is 0.294 e. The number of benzene rings is 1. The second kappa shape index (κ2) is 7.92. The van der Waals surface area contributed by atoms with E-state index in [1.807, 2.05) is 44.2 Å². The molecule has 28 heavy (non-hydrogen) atoms. The predicted molar refractivity (Wildman–Crippen MR) is 94.6 cm³/mol. The van der Waals surface area contributed by atoms with Gasteiger partial charge in [-0.15, -0.1) is 10.1 Å². The van der Waals surface area contributed by atoms with Crippen LogP contribution in [0.25, 0.3) is 0 Å². The number of nitrogens with zero attached hydrogens (tertiary/aromatic N) is 1. The lowest BCUT2D eigenvalue weighted by atomic mass is 10.0. The fraction of sp³-hybridized carbons (Fsp3) is 0.684. The van der Waals surface area contributed by atoms with E-state index in [1.165, 1.54) is 0 Å². The van der Waals surface area contributed by atoms with Gasteiger partial charge < -0.3 is 28.5 Å². The van der Waals surface area contributed by atoms with E-state index in [2.05, 4.69) is 4.84 Å². The summed E-state index contributed by atoms with van der Waals surface area (Å²) in [5.74, 6) is -0.743. The molecule has 0 radical (unpaired) electrons. The minimum absolute atomic E-state index is 0.0847. The summed E-state index contributed by atoms with van der Waals surface area (Å²) in [4.78, 5) is 14.9. The van der Waals surface area contributed by atoms with Gasteiger partial charge in [-0.25, -0.2) is 0 Å². The highest BCUT2D eigenvalue weighted by Crippen LogP contribution is 2.42. The topological polar surface area (TPSA) is 98.5 Å². The van der Waals surface area contributed by atoms with Crippen molar-refractivity contribution >= 4 is 0 Å². The van der Waals surface area contributed by atoms with E-state index in [0.29, 0.717) is 19.4 Å². The average Bonchev–Trinajstić information content (AvgIpc) is 3.31. The zero-order chi connectivity index (χ0) is 19.7. The first-order valence-corrected chi connectivity index (χ1v) is 9.51. The van der Waals surface area contributed by atoms with Crippen LogP contribution < -0.4 is 0 Å². The second-order valence-corrected chi connectivity index (χ2v) is 7.72. The van der Waals surface area contributed by atoms with E-state index >= 15 is 0 Å². The Kier molecular flexibility index (Phi) is 5.52. The number of rotatable bonds is 7. The molecule has 0 aliphatic carbocycles. The molecule has 0 aromatic heterocycles. The summed E-state index contributed by atoms with van der Waals surface area (Å²) < 4.78 is 30.1. The minimum Gasteiger partial charge on any atom is -0.370 e. The normalized spacial score (nSPS) is 36.4. The summed E-state index contributed by atoms with van der Waals surface area (Å²) in [5, 5.41) is 9.61. The van der Waals surface area contributed by atoms with Gasteiger partial charge in [0.15, 0.2) is 12.1 Å². The van der Waals surface area contributed by atoms with Crippen molar-refractivity contribution in [2.45, 2.75) is 75.9 Å². The molecule has 9 nitrogen and oxygen atoms in total. The van der Waals surface area contributed by atoms with Gasteiger partial charge in [-0.1, -0.05) is 30.3 Å². The molecule has 1 unspecified atom stereocenters. The van der Waals surface area contributed by atoms with Crippen molar-refractivity contribution in [3.8, 4) is 0 Å². The van der Waals surface area contributed by atoms with Gasteiger partial charge in [-0.05, 0) is 32.3 Å². The van der Waals surface area contributed by atoms with Crippen molar-refractivity contribution in [3.63, 3.8) is 0 Å². The summed E-state index contributed by atoms with van der Waals surface area (Å²) in [6, 6.07) is 9.87. The van der Waals surface area contributed by atoms with Crippen LogP contribution >= 0.6 is 0 Å². The molecule has 6 atom stereocenters. The maximum absolute atomic E-state index is 10.4. The minimum atomic E-state index is -0.803. The van der Waals surface area contributed by atoms with Gasteiger partial charge in [0.05, 0.1) is 18.8 Å². The summed E-state index contributed by atoms with van der Waals surface area (Å²) in [5.41, 5.74) is 1.05. The van der Waals surface area contributed by atoms with Crippen molar-refractivity contribution in [2.75, 3.05) is 6.61 Å². The maximum atomic E-state index is 10.4. The molecular weight excluding hydrogens is 370 g/mol. The highest BCUT2D eigenvalue weighted by molar-refractivity contribution is 5.13. The standard InChI is InChI=1S/C19H25NO8/c1-19(2)27-17-16(23-10-12-6-4-3-5-7-12)15(26-18(17)28-19)14-9-8-13(25-14)11-24-20(21)22/h3-7,13-18H,8-11H2,1-2H3/t13?,14-,15+,16-,17+,18+/m0/s1. The summed E-state index contributed by atoms with van der Waals surface area (Å²) >= 11 is 0. The fourth-order valence-electron chi connectivity index (χ4n) is 4.00. The van der Waals surface area contributed by atoms with E-state index in [0.717, 1.165) is 5.56 Å². The molecule has 1 aromatic carbocycles. The highest BCUT2D eigenvalue weighted by Gasteiger charge is 2.58. The lowest BCUT2D eigenvalue weighted by Crippen LogP contribution is -2.42. The van der Waals surface area contributed by atoms with Gasteiger partial charge in [-0.2, -0.15) is 0 Å². The third kappa shape index (κ3) is 4.28. The van der Waals surface area contributed by atoms with Crippen molar-refractivity contribution in [3.05, 3.63) is 46.0 Å². The molecule has 0 amide bonds. The van der Waals surface area contributed by atoms with E-state index in [9.17, 15) is 10.1 Å². The molecule has 1 aromatic rings. The Bertz CT molecular complexity index is 684. The molecule has 0 bridgehead atoms. The van der Waals surface area contributed by atoms with Gasteiger partial charge in [0.2, 0.25) is 0 Å². The Balaban J connectivity index is 1.42. The Morgan fingerprint density at radius 1 is 1.14 bits per heavy atom. The lowest BCUT2D eigenvalue weighted by Gasteiger charge is -2.29. The van der Waals surface area contributed by atoms with Crippen molar-refractivity contribution in [1.29, 1.82) is 0 Å². The summed E-state index contributed by atoms with van der Waals surface area (Å²) in [6.07, 6.45) is -0.881. The molecule has 154 valence electrons. The Morgan fingerprint density at radius 2 is 1.93 bits per heavy atom. The Hall–Kier alpha value is -1.78. The molecule has 3 saturated heterocycles. The fourth-order valence-corrected chi connectivity index (χ4v) is 4.00. The van der Waals surface area contributed by atoms with Gasteiger partial charge >= 0.3 is 0 Å². The molecule has 0 N–H and O–H groups in total. The molecule has 3 fully saturated rings. The third-order valence-electron chi connectivity index (χ3n) is 5.18. The monoisotopic (exact) mass is 395 g/mol. The zero-order valence-corrected chi connectivity index (χ0v) is 15.9. The molecule has 9 heteroatoms. The molecular formula is C19H25NO8. The largest absolute Gasteiger partial charge is 0.370 e. The molecule has 3 aliphatic heterocycles. The summed E-state index contributed by atoms with van der Waals surface area (Å²) in [6.45, 7) is 4.02. The molecule has 4 rings (SSSR count). The van der Waals surface area contributed by atoms with E-state index in [1.54, 1.807) is 0 Å². The van der Waals surface area contributed by atoms with Crippen LogP contribution in [0.4, 0.5) is 0 Å². The van der Waals surface area contributed by atoms with E-state index < -0.39 is 17.2 Å². The van der Waals surface area contributed by atoms with E-state index in [-0.39, 0.29) is 37.1 Å². The first-order valence-electron chi connectivity index (χ1n) is 9.51. The molecule has 0 saturated carbocycles. The van der Waals surface area contributed by atoms with Crippen LogP contribution in [0.5, 0.6) is 0 Å². The Morgan fingerprint density at radius 3 is 2.68 bits per heavy atom. The number of hydrogen-bond donors (Lipinski definition) is 0. The first-order chi connectivity index (χ1) is 13.4. The van der Waals surface area contributed by atoms with E-state index in [4.69, 9.17) is 23.7 Å². The van der Waals surface area contributed by atoms with Crippen molar-refractivity contribution in [1.82, 2.24) is 0 Å². The van der Waals surface area contributed by atoms with Crippen LogP contribution in [-0.2, 0) is 35.1 Å². The van der Waals surface area contributed by atoms with Crippen LogP contribution in [-0.4, -0.2) is 54.3 Å². The Labute approximate surface area is 162 Å². The lowest BCUT2D eigenvalue weighted by molar-refractivity contribution is -0.759. The third-order valence-corrected chi connectivity index (χ3v) is 5.18. The van der Waals surface area contributed by atoms with Crippen LogP contribution in [0.1, 0.15) is 32.3 Å². The van der Waals surface area contributed by atoms with Gasteiger partial charge in [0.25, 0.3) is 5.09 Å². The highest BCUT2D eigenvalue weighted by atomic mass is 17.0. The van der Waals surface area contributed by atoms with Crippen LogP contribution in [0.15, 0.2) is 30.3 Å². The number of fused-ring (bicyclic) bond motifs is 1. The van der Waals surface area contributed by atoms with Crippen molar-refractivity contribution in [2.24, 2.45) is 0 Å². The van der Waals surface area contributed by atoms with Gasteiger partial charge in [0.1, 0.15) is 24.9 Å². The van der Waals surface area contributed by atoms with Gasteiger partial charge in [-0.3, -0.25) is 0 Å². The van der Waals surface area contributed by atoms with Crippen LogP contribution in [0.3, 0.4) is 0 Å². The average molecular weight is 395 g/mol. The smallest absolute Gasteiger partial charge is 0.294 e. The first kappa shape index (κ1) is 19.5. The molecule has 0 spiro atoms. The SMILES string of the molecule is CC1(C)O[C@H]2O[C@H]([C@@H]3CCC(CO[N+](=O)[O-])O3)[C@H](OCc3ccccc3)[C@H]2O1. The second-order valence-electron chi connectivity index (χ2n) is 7.72.